The Hall–Kier alpha value is -0.870. The molecule has 2 rings (SSSR count). The van der Waals surface area contributed by atoms with Gasteiger partial charge in [0, 0.05) is 24.0 Å². The van der Waals surface area contributed by atoms with Crippen LogP contribution in [0.25, 0.3) is 0 Å². The first-order chi connectivity index (χ1) is 9.72. The molecule has 1 aliphatic heterocycles. The van der Waals surface area contributed by atoms with Gasteiger partial charge in [0.1, 0.15) is 0 Å². The molecule has 0 radical (unpaired) electrons. The van der Waals surface area contributed by atoms with Gasteiger partial charge in [-0.25, -0.2) is 0 Å². The molecule has 1 heterocycles. The Balaban J connectivity index is 1.80. The van der Waals surface area contributed by atoms with Gasteiger partial charge >= 0.3 is 0 Å². The minimum absolute atomic E-state index is 0.0433. The minimum Gasteiger partial charge on any atom is -0.352 e. The molecule has 1 unspecified atom stereocenters. The summed E-state index contributed by atoms with van der Waals surface area (Å²) in [5.74, 6) is 0.645. The SMILES string of the molecule is CCCN1CCC(CNC(=O)c2cccc(CBr)c2)C1. The number of halogens is 1. The van der Waals surface area contributed by atoms with Crippen molar-refractivity contribution < 1.29 is 4.79 Å². The van der Waals surface area contributed by atoms with Crippen LogP contribution in [-0.2, 0) is 5.33 Å². The third-order valence-electron chi connectivity index (χ3n) is 3.80. The predicted molar refractivity (Wildman–Crippen MR) is 86.2 cm³/mol. The molecule has 0 aliphatic carbocycles. The topological polar surface area (TPSA) is 32.3 Å². The lowest BCUT2D eigenvalue weighted by Gasteiger charge is -2.15. The van der Waals surface area contributed by atoms with E-state index < -0.39 is 0 Å². The molecule has 0 saturated carbocycles. The van der Waals surface area contributed by atoms with Crippen LogP contribution >= 0.6 is 15.9 Å². The molecule has 1 aromatic carbocycles. The third kappa shape index (κ3) is 4.32. The van der Waals surface area contributed by atoms with Crippen LogP contribution in [0.15, 0.2) is 24.3 Å². The minimum atomic E-state index is 0.0433. The van der Waals surface area contributed by atoms with Crippen LogP contribution in [0.4, 0.5) is 0 Å². The van der Waals surface area contributed by atoms with E-state index >= 15 is 0 Å². The van der Waals surface area contributed by atoms with Gasteiger partial charge in [0.15, 0.2) is 0 Å². The van der Waals surface area contributed by atoms with Crippen molar-refractivity contribution in [2.75, 3.05) is 26.2 Å². The summed E-state index contributed by atoms with van der Waals surface area (Å²) in [4.78, 5) is 14.6. The van der Waals surface area contributed by atoms with E-state index in [-0.39, 0.29) is 5.91 Å². The summed E-state index contributed by atoms with van der Waals surface area (Å²) in [6.45, 7) is 6.48. The highest BCUT2D eigenvalue weighted by molar-refractivity contribution is 9.08. The number of nitrogens with one attached hydrogen (secondary N) is 1. The molecule has 1 amide bonds. The molecular formula is C16H23BrN2O. The Labute approximate surface area is 129 Å². The van der Waals surface area contributed by atoms with Crippen molar-refractivity contribution >= 4 is 21.8 Å². The average Bonchev–Trinajstić information content (AvgIpc) is 2.93. The summed E-state index contributed by atoms with van der Waals surface area (Å²) in [7, 11) is 0. The first kappa shape index (κ1) is 15.5. The second-order valence-electron chi connectivity index (χ2n) is 5.50. The summed E-state index contributed by atoms with van der Waals surface area (Å²) in [5, 5.41) is 3.85. The lowest BCUT2D eigenvalue weighted by Crippen LogP contribution is -2.31. The molecule has 1 aliphatic rings. The Morgan fingerprint density at radius 2 is 2.35 bits per heavy atom. The van der Waals surface area contributed by atoms with Crippen molar-refractivity contribution in [2.45, 2.75) is 25.1 Å². The maximum atomic E-state index is 12.1. The second-order valence-corrected chi connectivity index (χ2v) is 6.06. The first-order valence-corrected chi connectivity index (χ1v) is 8.50. The van der Waals surface area contributed by atoms with E-state index in [9.17, 15) is 4.79 Å². The fraction of sp³-hybridized carbons (Fsp3) is 0.562. The summed E-state index contributed by atoms with van der Waals surface area (Å²) in [5.41, 5.74) is 1.89. The van der Waals surface area contributed by atoms with Crippen LogP contribution in [0.2, 0.25) is 0 Å². The van der Waals surface area contributed by atoms with Gasteiger partial charge in [-0.1, -0.05) is 35.0 Å². The molecule has 4 heteroatoms. The van der Waals surface area contributed by atoms with Crippen molar-refractivity contribution in [3.63, 3.8) is 0 Å². The smallest absolute Gasteiger partial charge is 0.251 e. The number of carbonyl (C=O) groups excluding carboxylic acids is 1. The molecule has 0 aromatic heterocycles. The fourth-order valence-corrected chi connectivity index (χ4v) is 3.08. The molecule has 1 aromatic rings. The molecule has 20 heavy (non-hydrogen) atoms. The molecular weight excluding hydrogens is 316 g/mol. The number of likely N-dealkylation sites (tertiary alicyclic amines) is 1. The highest BCUT2D eigenvalue weighted by atomic mass is 79.9. The van der Waals surface area contributed by atoms with E-state index in [0.717, 1.165) is 29.5 Å². The number of nitrogens with zero attached hydrogens (tertiary/aromatic N) is 1. The molecule has 0 bridgehead atoms. The average molecular weight is 339 g/mol. The van der Waals surface area contributed by atoms with E-state index in [0.29, 0.717) is 5.92 Å². The number of carbonyl (C=O) groups is 1. The molecule has 3 nitrogen and oxygen atoms in total. The number of hydrogen-bond donors (Lipinski definition) is 1. The van der Waals surface area contributed by atoms with Crippen molar-refractivity contribution in [1.29, 1.82) is 0 Å². The standard InChI is InChI=1S/C16H23BrN2O/c1-2-7-19-8-6-14(12-19)11-18-16(20)15-5-3-4-13(9-15)10-17/h3-5,9,14H,2,6-8,10-12H2,1H3,(H,18,20). The largest absolute Gasteiger partial charge is 0.352 e. The van der Waals surface area contributed by atoms with Gasteiger partial charge < -0.3 is 10.2 Å². The van der Waals surface area contributed by atoms with Gasteiger partial charge in [-0.15, -0.1) is 0 Å². The van der Waals surface area contributed by atoms with Crippen LogP contribution in [0.3, 0.4) is 0 Å². The summed E-state index contributed by atoms with van der Waals surface area (Å²) in [6, 6.07) is 7.77. The van der Waals surface area contributed by atoms with Crippen LogP contribution in [-0.4, -0.2) is 37.0 Å². The van der Waals surface area contributed by atoms with Crippen molar-refractivity contribution in [3.05, 3.63) is 35.4 Å². The van der Waals surface area contributed by atoms with E-state index in [1.807, 2.05) is 24.3 Å². The van der Waals surface area contributed by atoms with Gasteiger partial charge in [-0.3, -0.25) is 4.79 Å². The zero-order valence-corrected chi connectivity index (χ0v) is 13.7. The number of amides is 1. The Morgan fingerprint density at radius 3 is 3.10 bits per heavy atom. The molecule has 1 fully saturated rings. The predicted octanol–water partition coefficient (Wildman–Crippen LogP) is 3.04. The number of alkyl halides is 1. The summed E-state index contributed by atoms with van der Waals surface area (Å²) < 4.78 is 0. The van der Waals surface area contributed by atoms with Crippen molar-refractivity contribution in [3.8, 4) is 0 Å². The highest BCUT2D eigenvalue weighted by Crippen LogP contribution is 2.15. The van der Waals surface area contributed by atoms with E-state index in [1.54, 1.807) is 0 Å². The molecule has 0 spiro atoms. The van der Waals surface area contributed by atoms with Crippen LogP contribution in [0, 0.1) is 5.92 Å². The Morgan fingerprint density at radius 1 is 1.50 bits per heavy atom. The Kier molecular flexibility index (Phi) is 6.05. The normalized spacial score (nSPS) is 19.2. The maximum absolute atomic E-state index is 12.1. The summed E-state index contributed by atoms with van der Waals surface area (Å²) >= 11 is 3.42. The molecule has 1 saturated heterocycles. The monoisotopic (exact) mass is 338 g/mol. The third-order valence-corrected chi connectivity index (χ3v) is 4.45. The quantitative estimate of drug-likeness (QED) is 0.808. The van der Waals surface area contributed by atoms with Gasteiger partial charge in [-0.05, 0) is 49.5 Å². The van der Waals surface area contributed by atoms with E-state index in [2.05, 4.69) is 33.1 Å². The highest BCUT2D eigenvalue weighted by Gasteiger charge is 2.22. The second kappa shape index (κ2) is 7.79. The lowest BCUT2D eigenvalue weighted by atomic mass is 10.1. The number of rotatable bonds is 6. The molecule has 1 atom stereocenters. The van der Waals surface area contributed by atoms with Gasteiger partial charge in [0.2, 0.25) is 0 Å². The van der Waals surface area contributed by atoms with Gasteiger partial charge in [0.25, 0.3) is 5.91 Å². The first-order valence-electron chi connectivity index (χ1n) is 7.38. The van der Waals surface area contributed by atoms with Crippen molar-refractivity contribution in [1.82, 2.24) is 10.2 Å². The van der Waals surface area contributed by atoms with E-state index in [4.69, 9.17) is 0 Å². The van der Waals surface area contributed by atoms with E-state index in [1.165, 1.54) is 25.9 Å². The number of benzene rings is 1. The zero-order valence-electron chi connectivity index (χ0n) is 12.1. The van der Waals surface area contributed by atoms with Gasteiger partial charge in [0.05, 0.1) is 0 Å². The number of hydrogen-bond acceptors (Lipinski definition) is 2. The van der Waals surface area contributed by atoms with Crippen molar-refractivity contribution in [2.24, 2.45) is 5.92 Å². The summed E-state index contributed by atoms with van der Waals surface area (Å²) in [6.07, 6.45) is 2.40. The molecule has 110 valence electrons. The maximum Gasteiger partial charge on any atom is 0.251 e. The van der Waals surface area contributed by atoms with Crippen LogP contribution < -0.4 is 5.32 Å². The van der Waals surface area contributed by atoms with Gasteiger partial charge in [-0.2, -0.15) is 0 Å². The van der Waals surface area contributed by atoms with Crippen LogP contribution in [0.1, 0.15) is 35.7 Å². The Bertz CT molecular complexity index is 450. The van der Waals surface area contributed by atoms with Crippen LogP contribution in [0.5, 0.6) is 0 Å². The zero-order chi connectivity index (χ0) is 14.4. The fourth-order valence-electron chi connectivity index (χ4n) is 2.73. The lowest BCUT2D eigenvalue weighted by molar-refractivity contribution is 0.0947. The molecule has 1 N–H and O–H groups in total.